The average molecular weight is 226 g/mol. The molecule has 0 atom stereocenters. The number of hydrogen-bond acceptors (Lipinski definition) is 5. The van der Waals surface area contributed by atoms with Gasteiger partial charge in [0.1, 0.15) is 0 Å². The lowest BCUT2D eigenvalue weighted by molar-refractivity contribution is 0.407. The summed E-state index contributed by atoms with van der Waals surface area (Å²) in [5.41, 5.74) is 5.54. The highest BCUT2D eigenvalue weighted by molar-refractivity contribution is 5.33. The van der Waals surface area contributed by atoms with Gasteiger partial charge in [-0.1, -0.05) is 13.8 Å². The Kier molecular flexibility index (Phi) is 4.54. The molecule has 1 aromatic heterocycles. The maximum absolute atomic E-state index is 5.54. The van der Waals surface area contributed by atoms with Gasteiger partial charge < -0.3 is 15.5 Å². The third-order valence-corrected chi connectivity index (χ3v) is 2.18. The van der Waals surface area contributed by atoms with Crippen molar-refractivity contribution >= 4 is 11.9 Å². The highest BCUT2D eigenvalue weighted by Crippen LogP contribution is 2.10. The zero-order valence-electron chi connectivity index (χ0n) is 10.6. The van der Waals surface area contributed by atoms with Gasteiger partial charge >= 0.3 is 0 Å². The van der Waals surface area contributed by atoms with Crippen molar-refractivity contribution < 1.29 is 0 Å². The van der Waals surface area contributed by atoms with Crippen molar-refractivity contribution in [1.82, 2.24) is 20.1 Å². The molecule has 0 aliphatic carbocycles. The Morgan fingerprint density at radius 3 is 2.44 bits per heavy atom. The summed E-state index contributed by atoms with van der Waals surface area (Å²) in [5.74, 6) is 1.63. The number of nitrogen functional groups attached to an aromatic ring is 1. The minimum absolute atomic E-state index is 0.369. The van der Waals surface area contributed by atoms with Crippen LogP contribution in [0.15, 0.2) is 0 Å². The summed E-state index contributed by atoms with van der Waals surface area (Å²) < 4.78 is 0. The zero-order valence-corrected chi connectivity index (χ0v) is 10.6. The maximum Gasteiger partial charge on any atom is 0.246 e. The SMILES string of the molecule is CC(C)CN(CCN(C)C)c1n[nH]c(N)n1. The predicted molar refractivity (Wildman–Crippen MR) is 66.4 cm³/mol. The third kappa shape index (κ3) is 4.06. The number of nitrogens with one attached hydrogen (secondary N) is 1. The van der Waals surface area contributed by atoms with Gasteiger partial charge in [-0.3, -0.25) is 0 Å². The molecule has 3 N–H and O–H groups in total. The summed E-state index contributed by atoms with van der Waals surface area (Å²) >= 11 is 0. The molecule has 1 rings (SSSR count). The van der Waals surface area contributed by atoms with Crippen molar-refractivity contribution in [2.75, 3.05) is 44.4 Å². The molecule has 6 heteroatoms. The Hall–Kier alpha value is -1.30. The van der Waals surface area contributed by atoms with Crippen molar-refractivity contribution in [3.05, 3.63) is 0 Å². The molecule has 0 aromatic carbocycles. The van der Waals surface area contributed by atoms with Gasteiger partial charge in [-0.15, -0.1) is 5.10 Å². The van der Waals surface area contributed by atoms with Crippen LogP contribution in [-0.2, 0) is 0 Å². The van der Waals surface area contributed by atoms with Crippen LogP contribution in [0.5, 0.6) is 0 Å². The molecule has 6 nitrogen and oxygen atoms in total. The van der Waals surface area contributed by atoms with Crippen LogP contribution in [0.1, 0.15) is 13.8 Å². The fourth-order valence-electron chi connectivity index (χ4n) is 1.44. The molecule has 0 aliphatic rings. The Bertz CT molecular complexity index is 306. The van der Waals surface area contributed by atoms with Gasteiger partial charge in [0.05, 0.1) is 0 Å². The predicted octanol–water partition coefficient (Wildman–Crippen LogP) is 0.411. The van der Waals surface area contributed by atoms with E-state index in [1.807, 2.05) is 0 Å². The fourth-order valence-corrected chi connectivity index (χ4v) is 1.44. The third-order valence-electron chi connectivity index (χ3n) is 2.18. The Balaban J connectivity index is 2.63. The van der Waals surface area contributed by atoms with Gasteiger partial charge in [0.25, 0.3) is 0 Å². The Morgan fingerprint density at radius 2 is 2.00 bits per heavy atom. The van der Waals surface area contributed by atoms with Crippen LogP contribution in [0.2, 0.25) is 0 Å². The first-order valence-electron chi connectivity index (χ1n) is 5.56. The Morgan fingerprint density at radius 1 is 1.31 bits per heavy atom. The van der Waals surface area contributed by atoms with Gasteiger partial charge in [0, 0.05) is 19.6 Å². The smallest absolute Gasteiger partial charge is 0.246 e. The molecule has 0 fully saturated rings. The molecule has 0 saturated carbocycles. The summed E-state index contributed by atoms with van der Waals surface area (Å²) in [5, 5.41) is 6.76. The van der Waals surface area contributed by atoms with Gasteiger partial charge in [-0.2, -0.15) is 4.98 Å². The van der Waals surface area contributed by atoms with Crippen molar-refractivity contribution in [2.24, 2.45) is 5.92 Å². The molecule has 0 spiro atoms. The monoisotopic (exact) mass is 226 g/mol. The number of aromatic nitrogens is 3. The van der Waals surface area contributed by atoms with E-state index in [0.29, 0.717) is 17.8 Å². The molecule has 0 saturated heterocycles. The number of nitrogens with two attached hydrogens (primary N) is 1. The van der Waals surface area contributed by atoms with Crippen LogP contribution in [0.3, 0.4) is 0 Å². The summed E-state index contributed by atoms with van der Waals surface area (Å²) in [6.45, 7) is 7.17. The van der Waals surface area contributed by atoms with E-state index in [9.17, 15) is 0 Å². The van der Waals surface area contributed by atoms with E-state index in [0.717, 1.165) is 19.6 Å². The second-order valence-corrected chi connectivity index (χ2v) is 4.66. The standard InChI is InChI=1S/C10H22N6/c1-8(2)7-16(6-5-15(3)4)10-12-9(11)13-14-10/h8H,5-7H2,1-4H3,(H3,11,12,13,14). The van der Waals surface area contributed by atoms with Crippen molar-refractivity contribution in [3.8, 4) is 0 Å². The van der Waals surface area contributed by atoms with Crippen LogP contribution < -0.4 is 10.6 Å². The van der Waals surface area contributed by atoms with E-state index in [1.54, 1.807) is 0 Å². The number of anilines is 2. The second kappa shape index (κ2) is 5.69. The zero-order chi connectivity index (χ0) is 12.1. The molecular formula is C10H22N6. The van der Waals surface area contributed by atoms with Gasteiger partial charge in [-0.05, 0) is 20.0 Å². The van der Waals surface area contributed by atoms with E-state index in [-0.39, 0.29) is 0 Å². The largest absolute Gasteiger partial charge is 0.368 e. The van der Waals surface area contributed by atoms with Crippen LogP contribution in [0, 0.1) is 5.92 Å². The van der Waals surface area contributed by atoms with Gasteiger partial charge in [0.2, 0.25) is 11.9 Å². The molecule has 92 valence electrons. The molecule has 0 radical (unpaired) electrons. The normalized spacial score (nSPS) is 11.4. The summed E-state index contributed by atoms with van der Waals surface area (Å²) in [7, 11) is 4.11. The number of H-pyrrole nitrogens is 1. The highest BCUT2D eigenvalue weighted by Gasteiger charge is 2.13. The number of likely N-dealkylation sites (N-methyl/N-ethyl adjacent to an activating group) is 1. The quantitative estimate of drug-likeness (QED) is 0.735. The lowest BCUT2D eigenvalue weighted by atomic mass is 10.2. The Labute approximate surface area is 96.8 Å². The van der Waals surface area contributed by atoms with E-state index >= 15 is 0 Å². The van der Waals surface area contributed by atoms with Gasteiger partial charge in [0.15, 0.2) is 0 Å². The number of hydrogen-bond donors (Lipinski definition) is 2. The molecule has 0 bridgehead atoms. The van der Waals surface area contributed by atoms with E-state index in [1.165, 1.54) is 0 Å². The minimum atomic E-state index is 0.369. The number of rotatable bonds is 6. The second-order valence-electron chi connectivity index (χ2n) is 4.66. The molecule has 16 heavy (non-hydrogen) atoms. The molecule has 0 unspecified atom stereocenters. The highest BCUT2D eigenvalue weighted by atomic mass is 15.4. The van der Waals surface area contributed by atoms with Gasteiger partial charge in [-0.25, -0.2) is 5.10 Å². The molecule has 0 amide bonds. The first-order valence-corrected chi connectivity index (χ1v) is 5.56. The summed E-state index contributed by atoms with van der Waals surface area (Å²) in [6.07, 6.45) is 0. The van der Waals surface area contributed by atoms with Crippen molar-refractivity contribution in [1.29, 1.82) is 0 Å². The van der Waals surface area contributed by atoms with Crippen molar-refractivity contribution in [3.63, 3.8) is 0 Å². The maximum atomic E-state index is 5.54. The molecular weight excluding hydrogens is 204 g/mol. The summed E-state index contributed by atoms with van der Waals surface area (Å²) in [4.78, 5) is 8.45. The first-order chi connectivity index (χ1) is 7.49. The average Bonchev–Trinajstić information content (AvgIpc) is 2.58. The molecule has 1 heterocycles. The molecule has 1 aromatic rings. The van der Waals surface area contributed by atoms with Crippen LogP contribution in [-0.4, -0.2) is 53.8 Å². The summed E-state index contributed by atoms with van der Waals surface area (Å²) in [6, 6.07) is 0. The van der Waals surface area contributed by atoms with Crippen LogP contribution in [0.25, 0.3) is 0 Å². The number of aromatic amines is 1. The van der Waals surface area contributed by atoms with E-state index in [2.05, 4.69) is 52.9 Å². The lowest BCUT2D eigenvalue weighted by Crippen LogP contribution is -2.35. The first kappa shape index (κ1) is 12.8. The van der Waals surface area contributed by atoms with Crippen LogP contribution >= 0.6 is 0 Å². The van der Waals surface area contributed by atoms with Crippen molar-refractivity contribution in [2.45, 2.75) is 13.8 Å². The van der Waals surface area contributed by atoms with Crippen LogP contribution in [0.4, 0.5) is 11.9 Å². The number of nitrogens with zero attached hydrogens (tertiary/aromatic N) is 4. The molecule has 0 aliphatic heterocycles. The topological polar surface area (TPSA) is 74.1 Å². The fraction of sp³-hybridized carbons (Fsp3) is 0.800. The van der Waals surface area contributed by atoms with E-state index in [4.69, 9.17) is 5.73 Å². The van der Waals surface area contributed by atoms with E-state index < -0.39 is 0 Å². The minimum Gasteiger partial charge on any atom is -0.368 e. The lowest BCUT2D eigenvalue weighted by Gasteiger charge is -2.24.